The minimum absolute atomic E-state index is 0.213. The average molecular weight is 422 g/mol. The number of fused-ring (bicyclic) bond motifs is 1. The van der Waals surface area contributed by atoms with E-state index in [2.05, 4.69) is 20.9 Å². The van der Waals surface area contributed by atoms with Gasteiger partial charge in [0, 0.05) is 36.1 Å². The quantitative estimate of drug-likeness (QED) is 0.587. The molecule has 3 aromatic rings. The second kappa shape index (κ2) is 8.50. The first-order valence-electron chi connectivity index (χ1n) is 10.8. The first kappa shape index (κ1) is 19.7. The predicted octanol–water partition coefficient (Wildman–Crippen LogP) is 1.79. The van der Waals surface area contributed by atoms with Crippen LogP contribution in [0, 0.1) is 5.92 Å². The highest BCUT2D eigenvalue weighted by molar-refractivity contribution is 6.00. The van der Waals surface area contributed by atoms with Gasteiger partial charge in [-0.1, -0.05) is 17.3 Å². The zero-order valence-corrected chi connectivity index (χ0v) is 17.3. The molecule has 2 aromatic heterocycles. The van der Waals surface area contributed by atoms with Crippen LogP contribution in [0.5, 0.6) is 5.75 Å². The molecule has 0 spiro atoms. The molecule has 1 atom stereocenters. The van der Waals surface area contributed by atoms with E-state index < -0.39 is 0 Å². The second-order valence-corrected chi connectivity index (χ2v) is 8.35. The smallest absolute Gasteiger partial charge is 0.249 e. The van der Waals surface area contributed by atoms with Crippen LogP contribution in [0.25, 0.3) is 10.8 Å². The summed E-state index contributed by atoms with van der Waals surface area (Å²) < 4.78 is 9.84. The summed E-state index contributed by atoms with van der Waals surface area (Å²) in [6.45, 7) is 3.35. The molecule has 9 heteroatoms. The van der Waals surface area contributed by atoms with E-state index in [4.69, 9.17) is 4.74 Å². The summed E-state index contributed by atoms with van der Waals surface area (Å²) in [5, 5.41) is 16.2. The molecule has 4 heterocycles. The molecule has 1 unspecified atom stereocenters. The molecule has 5 rings (SSSR count). The summed E-state index contributed by atoms with van der Waals surface area (Å²) in [4.78, 5) is 23.7. The third-order valence-electron chi connectivity index (χ3n) is 6.10. The van der Waals surface area contributed by atoms with Gasteiger partial charge in [-0.3, -0.25) is 19.6 Å². The number of aromatic nitrogens is 4. The minimum atomic E-state index is -0.382. The largest absolute Gasteiger partial charge is 0.486 e. The molecule has 2 aliphatic heterocycles. The Labute approximate surface area is 179 Å². The second-order valence-electron chi connectivity index (χ2n) is 8.35. The topological polar surface area (TPSA) is 103 Å². The summed E-state index contributed by atoms with van der Waals surface area (Å²) in [6, 6.07) is 5.45. The van der Waals surface area contributed by atoms with E-state index in [0.717, 1.165) is 54.7 Å². The van der Waals surface area contributed by atoms with E-state index in [9.17, 15) is 9.59 Å². The van der Waals surface area contributed by atoms with Gasteiger partial charge in [-0.15, -0.1) is 5.10 Å². The Balaban J connectivity index is 1.27. The Morgan fingerprint density at radius 3 is 2.81 bits per heavy atom. The van der Waals surface area contributed by atoms with Crippen molar-refractivity contribution in [2.45, 2.75) is 44.9 Å². The van der Waals surface area contributed by atoms with Gasteiger partial charge in [-0.05, 0) is 44.3 Å². The van der Waals surface area contributed by atoms with E-state index in [-0.39, 0.29) is 17.9 Å². The van der Waals surface area contributed by atoms with E-state index >= 15 is 0 Å². The van der Waals surface area contributed by atoms with Crippen LogP contribution in [0.15, 0.2) is 36.8 Å². The van der Waals surface area contributed by atoms with Crippen molar-refractivity contribution in [3.05, 3.63) is 42.5 Å². The third kappa shape index (κ3) is 4.32. The molecule has 2 aliphatic rings. The van der Waals surface area contributed by atoms with Crippen LogP contribution in [0.2, 0.25) is 0 Å². The van der Waals surface area contributed by atoms with Crippen LogP contribution in [0.4, 0.5) is 0 Å². The number of carbonyl (C=O) groups is 2. The van der Waals surface area contributed by atoms with Crippen LogP contribution >= 0.6 is 0 Å². The van der Waals surface area contributed by atoms with Crippen LogP contribution in [0.1, 0.15) is 37.4 Å². The number of rotatable bonds is 6. The monoisotopic (exact) mass is 422 g/mol. The Kier molecular flexibility index (Phi) is 5.42. The van der Waals surface area contributed by atoms with Gasteiger partial charge >= 0.3 is 0 Å². The Morgan fingerprint density at radius 2 is 1.97 bits per heavy atom. The van der Waals surface area contributed by atoms with Crippen LogP contribution in [-0.4, -0.2) is 44.5 Å². The van der Waals surface area contributed by atoms with Crippen molar-refractivity contribution in [1.29, 1.82) is 0 Å². The molecule has 162 valence electrons. The standard InChI is InChI=1S/C22H26N6O3/c29-21-5-4-19(22(30)24-21)27-11-16-2-1-3-20(18(16)13-27)31-14-17-12-28(26-25-17)10-15-6-8-23-9-7-15/h1-3,11-13,15,19,23H,4-10,14H2,(H,24,29,30). The molecule has 1 aromatic carbocycles. The van der Waals surface area contributed by atoms with Crippen molar-refractivity contribution < 1.29 is 14.3 Å². The number of imide groups is 1. The highest BCUT2D eigenvalue weighted by Crippen LogP contribution is 2.30. The van der Waals surface area contributed by atoms with E-state index in [1.165, 1.54) is 0 Å². The predicted molar refractivity (Wildman–Crippen MR) is 113 cm³/mol. The molecule has 0 bridgehead atoms. The lowest BCUT2D eigenvalue weighted by Gasteiger charge is -2.22. The van der Waals surface area contributed by atoms with Gasteiger partial charge in [0.05, 0.1) is 6.20 Å². The number of piperidine rings is 2. The van der Waals surface area contributed by atoms with Crippen molar-refractivity contribution in [1.82, 2.24) is 30.2 Å². The Bertz CT molecular complexity index is 1100. The first-order chi connectivity index (χ1) is 15.2. The van der Waals surface area contributed by atoms with Gasteiger partial charge in [0.2, 0.25) is 11.8 Å². The fourth-order valence-corrected chi connectivity index (χ4v) is 4.41. The lowest BCUT2D eigenvalue weighted by Crippen LogP contribution is -2.41. The van der Waals surface area contributed by atoms with E-state index in [0.29, 0.717) is 25.4 Å². The maximum atomic E-state index is 12.2. The van der Waals surface area contributed by atoms with Crippen molar-refractivity contribution in [3.8, 4) is 5.75 Å². The summed E-state index contributed by atoms with van der Waals surface area (Å²) in [6.07, 6.45) is 8.98. The zero-order valence-electron chi connectivity index (χ0n) is 17.3. The lowest BCUT2D eigenvalue weighted by molar-refractivity contribution is -0.135. The highest BCUT2D eigenvalue weighted by Gasteiger charge is 2.28. The molecule has 2 saturated heterocycles. The Morgan fingerprint density at radius 1 is 1.10 bits per heavy atom. The number of benzene rings is 1. The van der Waals surface area contributed by atoms with Gasteiger partial charge in [0.15, 0.2) is 0 Å². The number of hydrogen-bond acceptors (Lipinski definition) is 6. The maximum Gasteiger partial charge on any atom is 0.249 e. The fraction of sp³-hybridized carbons (Fsp3) is 0.455. The molecular formula is C22H26N6O3. The number of amides is 2. The van der Waals surface area contributed by atoms with Crippen LogP contribution < -0.4 is 15.4 Å². The zero-order chi connectivity index (χ0) is 21.2. The van der Waals surface area contributed by atoms with Crippen LogP contribution in [0.3, 0.4) is 0 Å². The SMILES string of the molecule is O=C1CCC(n2cc3cccc(OCc4cn(CC5CCNCC5)nn4)c3c2)C(=O)N1. The van der Waals surface area contributed by atoms with Gasteiger partial charge in [-0.2, -0.15) is 0 Å². The molecule has 0 aliphatic carbocycles. The summed E-state index contributed by atoms with van der Waals surface area (Å²) in [5.74, 6) is 0.897. The van der Waals surface area contributed by atoms with Crippen molar-refractivity contribution in [3.63, 3.8) is 0 Å². The molecular weight excluding hydrogens is 396 g/mol. The van der Waals surface area contributed by atoms with Crippen LogP contribution in [-0.2, 0) is 22.7 Å². The molecule has 9 nitrogen and oxygen atoms in total. The number of carbonyl (C=O) groups excluding carboxylic acids is 2. The van der Waals surface area contributed by atoms with Gasteiger partial charge in [0.1, 0.15) is 24.1 Å². The van der Waals surface area contributed by atoms with Gasteiger partial charge in [-0.25, -0.2) is 0 Å². The summed E-state index contributed by atoms with van der Waals surface area (Å²) >= 11 is 0. The minimum Gasteiger partial charge on any atom is -0.486 e. The number of ether oxygens (including phenoxy) is 1. The molecule has 0 radical (unpaired) electrons. The number of hydrogen-bond donors (Lipinski definition) is 2. The van der Waals surface area contributed by atoms with E-state index in [1.807, 2.05) is 46.0 Å². The maximum absolute atomic E-state index is 12.2. The van der Waals surface area contributed by atoms with Crippen molar-refractivity contribution in [2.24, 2.45) is 5.92 Å². The third-order valence-corrected chi connectivity index (χ3v) is 6.10. The highest BCUT2D eigenvalue weighted by atomic mass is 16.5. The molecule has 31 heavy (non-hydrogen) atoms. The first-order valence-corrected chi connectivity index (χ1v) is 10.8. The molecule has 0 saturated carbocycles. The van der Waals surface area contributed by atoms with Gasteiger partial charge in [0.25, 0.3) is 0 Å². The molecule has 2 fully saturated rings. The lowest BCUT2D eigenvalue weighted by atomic mass is 9.98. The number of nitrogens with zero attached hydrogens (tertiary/aromatic N) is 4. The number of nitrogens with one attached hydrogen (secondary N) is 2. The summed E-state index contributed by atoms with van der Waals surface area (Å²) in [7, 11) is 0. The Hall–Kier alpha value is -3.20. The van der Waals surface area contributed by atoms with Crippen molar-refractivity contribution >= 4 is 22.6 Å². The average Bonchev–Trinajstić information content (AvgIpc) is 3.40. The van der Waals surface area contributed by atoms with Gasteiger partial charge < -0.3 is 14.6 Å². The normalized spacial score (nSPS) is 20.2. The molecule has 2 amide bonds. The fourth-order valence-electron chi connectivity index (χ4n) is 4.41. The van der Waals surface area contributed by atoms with Crippen molar-refractivity contribution in [2.75, 3.05) is 13.1 Å². The summed E-state index contributed by atoms with van der Waals surface area (Å²) in [5.41, 5.74) is 0.788. The van der Waals surface area contributed by atoms with E-state index in [1.54, 1.807) is 0 Å². The molecule has 2 N–H and O–H groups in total.